The summed E-state index contributed by atoms with van der Waals surface area (Å²) in [5, 5.41) is 16.0. The summed E-state index contributed by atoms with van der Waals surface area (Å²) < 4.78 is 5.03. The zero-order valence-electron chi connectivity index (χ0n) is 15.2. The molecule has 7 heteroatoms. The monoisotopic (exact) mass is 338 g/mol. The second-order valence-corrected chi connectivity index (χ2v) is 7.03. The molecule has 1 saturated heterocycles. The number of β-amino-alcohol motifs (C(OH)–C–C–N with tert-alkyl or cyclic N) is 1. The highest BCUT2D eigenvalue weighted by Crippen LogP contribution is 2.19. The Balaban J connectivity index is 1.75. The number of nitrogens with one attached hydrogen (secondary N) is 1. The van der Waals surface area contributed by atoms with Crippen LogP contribution >= 0.6 is 0 Å². The van der Waals surface area contributed by atoms with Gasteiger partial charge >= 0.3 is 0 Å². The molecule has 7 nitrogen and oxygen atoms in total. The Bertz CT molecular complexity index is 524. The van der Waals surface area contributed by atoms with E-state index in [0.717, 1.165) is 44.7 Å². The van der Waals surface area contributed by atoms with Gasteiger partial charge in [-0.2, -0.15) is 0 Å². The lowest BCUT2D eigenvalue weighted by atomic mass is 9.95. The van der Waals surface area contributed by atoms with E-state index < -0.39 is 0 Å². The summed E-state index contributed by atoms with van der Waals surface area (Å²) in [4.78, 5) is 16.7. The number of aryl methyl sites for hydroxylation is 1. The van der Waals surface area contributed by atoms with Crippen molar-refractivity contribution in [3.8, 4) is 0 Å². The van der Waals surface area contributed by atoms with Crippen LogP contribution in [0, 0.1) is 12.8 Å². The van der Waals surface area contributed by atoms with Gasteiger partial charge in [-0.3, -0.25) is 15.0 Å². The van der Waals surface area contributed by atoms with Gasteiger partial charge in [-0.25, -0.2) is 0 Å². The van der Waals surface area contributed by atoms with Gasteiger partial charge in [0.05, 0.1) is 17.8 Å². The second kappa shape index (κ2) is 8.60. The number of likely N-dealkylation sites (N-methyl/N-ethyl adjacent to an activating group) is 1. The number of aliphatic hydroxyl groups excluding tert-OH is 1. The molecule has 0 saturated carbocycles. The van der Waals surface area contributed by atoms with Gasteiger partial charge in [0.1, 0.15) is 0 Å². The number of nitrogens with zero attached hydrogens (tertiary/aromatic N) is 3. The van der Waals surface area contributed by atoms with Crippen LogP contribution in [-0.2, 0) is 4.79 Å². The van der Waals surface area contributed by atoms with Crippen molar-refractivity contribution in [3.63, 3.8) is 0 Å². The van der Waals surface area contributed by atoms with Gasteiger partial charge in [0.2, 0.25) is 11.8 Å². The van der Waals surface area contributed by atoms with Gasteiger partial charge in [0.15, 0.2) is 0 Å². The van der Waals surface area contributed by atoms with E-state index in [-0.39, 0.29) is 18.1 Å². The first kappa shape index (κ1) is 18.9. The van der Waals surface area contributed by atoms with E-state index in [1.54, 1.807) is 6.07 Å². The maximum Gasteiger partial charge on any atom is 0.243 e. The number of amides is 1. The van der Waals surface area contributed by atoms with E-state index >= 15 is 0 Å². The summed E-state index contributed by atoms with van der Waals surface area (Å²) in [7, 11) is 1.98. The number of hydrogen-bond donors (Lipinski definition) is 2. The highest BCUT2D eigenvalue weighted by atomic mass is 16.5. The number of aliphatic hydroxyl groups is 1. The van der Waals surface area contributed by atoms with Crippen LogP contribution in [-0.4, -0.2) is 71.3 Å². The third kappa shape index (κ3) is 5.58. The molecule has 1 fully saturated rings. The van der Waals surface area contributed by atoms with Crippen LogP contribution in [0.1, 0.15) is 32.4 Å². The predicted molar refractivity (Wildman–Crippen MR) is 92.8 cm³/mol. The van der Waals surface area contributed by atoms with Crippen molar-refractivity contribution >= 4 is 11.8 Å². The Morgan fingerprint density at radius 1 is 1.50 bits per heavy atom. The third-order valence-corrected chi connectivity index (χ3v) is 4.69. The fourth-order valence-corrected chi connectivity index (χ4v) is 3.14. The van der Waals surface area contributed by atoms with E-state index in [4.69, 9.17) is 4.52 Å². The van der Waals surface area contributed by atoms with Crippen LogP contribution in [0.2, 0.25) is 0 Å². The average Bonchev–Trinajstić information content (AvgIpc) is 2.93. The van der Waals surface area contributed by atoms with E-state index in [9.17, 15) is 9.90 Å². The van der Waals surface area contributed by atoms with Crippen LogP contribution in [0.3, 0.4) is 0 Å². The van der Waals surface area contributed by atoms with E-state index in [0.29, 0.717) is 11.8 Å². The van der Waals surface area contributed by atoms with Gasteiger partial charge in [-0.05, 0) is 59.7 Å². The summed E-state index contributed by atoms with van der Waals surface area (Å²) >= 11 is 0. The van der Waals surface area contributed by atoms with Crippen LogP contribution in [0.25, 0.3) is 0 Å². The van der Waals surface area contributed by atoms with Gasteiger partial charge < -0.3 is 14.5 Å². The zero-order valence-corrected chi connectivity index (χ0v) is 15.2. The fourth-order valence-electron chi connectivity index (χ4n) is 3.14. The molecule has 1 aromatic rings. The van der Waals surface area contributed by atoms with Crippen molar-refractivity contribution in [2.75, 3.05) is 38.5 Å². The van der Waals surface area contributed by atoms with Gasteiger partial charge in [-0.15, -0.1) is 0 Å². The lowest BCUT2D eigenvalue weighted by Gasteiger charge is -2.35. The average molecular weight is 338 g/mol. The first-order valence-corrected chi connectivity index (χ1v) is 8.70. The molecule has 24 heavy (non-hydrogen) atoms. The number of piperidine rings is 1. The molecular formula is C17H30N4O3. The zero-order chi connectivity index (χ0) is 17.7. The summed E-state index contributed by atoms with van der Waals surface area (Å²) in [6.07, 6.45) is 1.94. The SMILES string of the molecule is Cc1cc(NC(=O)[C@H](C)N(C)CC2CCN(C[C@@H](C)O)CC2)on1. The quantitative estimate of drug-likeness (QED) is 0.781. The minimum absolute atomic E-state index is 0.0832. The summed E-state index contributed by atoms with van der Waals surface area (Å²) in [5.74, 6) is 0.896. The van der Waals surface area contributed by atoms with Crippen molar-refractivity contribution in [1.29, 1.82) is 0 Å². The number of hydrogen-bond acceptors (Lipinski definition) is 6. The molecule has 0 aliphatic carbocycles. The van der Waals surface area contributed by atoms with E-state index in [1.165, 1.54) is 0 Å². The highest BCUT2D eigenvalue weighted by Gasteiger charge is 2.25. The molecular weight excluding hydrogens is 308 g/mol. The van der Waals surface area contributed by atoms with Crippen molar-refractivity contribution < 1.29 is 14.4 Å². The Kier molecular flexibility index (Phi) is 6.77. The fraction of sp³-hybridized carbons (Fsp3) is 0.765. The number of likely N-dealkylation sites (tertiary alicyclic amines) is 1. The lowest BCUT2D eigenvalue weighted by Crippen LogP contribution is -2.45. The Hall–Kier alpha value is -1.44. The molecule has 0 bridgehead atoms. The predicted octanol–water partition coefficient (Wildman–Crippen LogP) is 1.33. The van der Waals surface area contributed by atoms with Gasteiger partial charge in [-0.1, -0.05) is 5.16 Å². The third-order valence-electron chi connectivity index (χ3n) is 4.69. The molecule has 1 aliphatic rings. The van der Waals surface area contributed by atoms with Crippen LogP contribution in [0.5, 0.6) is 0 Å². The Morgan fingerprint density at radius 3 is 2.71 bits per heavy atom. The number of carbonyl (C=O) groups is 1. The van der Waals surface area contributed by atoms with Crippen molar-refractivity contribution in [2.45, 2.75) is 45.8 Å². The molecule has 136 valence electrons. The standard InChI is InChI=1S/C17H30N4O3/c1-12-9-16(24-19-12)18-17(23)14(3)20(4)11-15-5-7-21(8-6-15)10-13(2)22/h9,13-15,22H,5-8,10-11H2,1-4H3,(H,18,23)/t13-,14+/m1/s1. The normalized spacial score (nSPS) is 19.4. The van der Waals surface area contributed by atoms with Crippen LogP contribution in [0.15, 0.2) is 10.6 Å². The lowest BCUT2D eigenvalue weighted by molar-refractivity contribution is -0.120. The molecule has 0 aromatic carbocycles. The van der Waals surface area contributed by atoms with Crippen molar-refractivity contribution in [3.05, 3.63) is 11.8 Å². The smallest absolute Gasteiger partial charge is 0.243 e. The first-order chi connectivity index (χ1) is 11.3. The minimum Gasteiger partial charge on any atom is -0.392 e. The number of rotatable bonds is 7. The molecule has 0 unspecified atom stereocenters. The largest absolute Gasteiger partial charge is 0.392 e. The maximum atomic E-state index is 12.3. The maximum absolute atomic E-state index is 12.3. The number of carbonyl (C=O) groups excluding carboxylic acids is 1. The van der Waals surface area contributed by atoms with E-state index in [2.05, 4.69) is 20.3 Å². The molecule has 1 aromatic heterocycles. The Labute approximate surface area is 144 Å². The summed E-state index contributed by atoms with van der Waals surface area (Å²) in [6.45, 7) is 9.23. The van der Waals surface area contributed by atoms with Crippen LogP contribution in [0.4, 0.5) is 5.88 Å². The van der Waals surface area contributed by atoms with E-state index in [1.807, 2.05) is 27.8 Å². The van der Waals surface area contributed by atoms with Crippen molar-refractivity contribution in [1.82, 2.24) is 15.0 Å². The topological polar surface area (TPSA) is 81.8 Å². The van der Waals surface area contributed by atoms with Gasteiger partial charge in [0.25, 0.3) is 0 Å². The minimum atomic E-state index is -0.271. The molecule has 2 heterocycles. The second-order valence-electron chi connectivity index (χ2n) is 7.03. The van der Waals surface area contributed by atoms with Crippen molar-refractivity contribution in [2.24, 2.45) is 5.92 Å². The highest BCUT2D eigenvalue weighted by molar-refractivity contribution is 5.93. The molecule has 1 amide bonds. The van der Waals surface area contributed by atoms with Crippen LogP contribution < -0.4 is 5.32 Å². The van der Waals surface area contributed by atoms with Gasteiger partial charge in [0, 0.05) is 19.2 Å². The molecule has 1 aliphatic heterocycles. The summed E-state index contributed by atoms with van der Waals surface area (Å²) in [5.41, 5.74) is 0.746. The molecule has 0 radical (unpaired) electrons. The number of aromatic nitrogens is 1. The molecule has 2 N–H and O–H groups in total. The first-order valence-electron chi connectivity index (χ1n) is 8.70. The summed E-state index contributed by atoms with van der Waals surface area (Å²) in [6, 6.07) is 1.48. The molecule has 2 rings (SSSR count). The number of anilines is 1. The molecule has 2 atom stereocenters. The Morgan fingerprint density at radius 2 is 2.17 bits per heavy atom. The molecule has 0 spiro atoms.